The topological polar surface area (TPSA) is 68.9 Å². The Morgan fingerprint density at radius 1 is 1.53 bits per heavy atom. The predicted molar refractivity (Wildman–Crippen MR) is 76.3 cm³/mol. The summed E-state index contributed by atoms with van der Waals surface area (Å²) in [6, 6.07) is 7.07. The minimum absolute atomic E-state index is 0.168. The minimum Gasteiger partial charge on any atom is -0.384 e. The monoisotopic (exact) mass is 293 g/mol. The Kier molecular flexibility index (Phi) is 4.05. The summed E-state index contributed by atoms with van der Waals surface area (Å²) in [5.41, 5.74) is 0.0232. The normalized spacial score (nSPS) is 13.6. The van der Waals surface area contributed by atoms with Gasteiger partial charge in [-0.3, -0.25) is 0 Å². The predicted octanol–water partition coefficient (Wildman–Crippen LogP) is 2.99. The molecule has 0 unspecified atom stereocenters. The van der Waals surface area contributed by atoms with Crippen LogP contribution in [0.5, 0.6) is 0 Å². The Bertz CT molecular complexity index is 605. The summed E-state index contributed by atoms with van der Waals surface area (Å²) in [5, 5.41) is 26.3. The summed E-state index contributed by atoms with van der Waals surface area (Å²) in [6.45, 7) is 2.02. The quantitative estimate of drug-likeness (QED) is 0.909. The molecule has 98 valence electrons. The second kappa shape index (κ2) is 5.57. The van der Waals surface area contributed by atoms with Gasteiger partial charge in [0.1, 0.15) is 17.5 Å². The number of hydrogen-bond acceptors (Lipinski definition) is 5. The first-order valence-electron chi connectivity index (χ1n) is 5.58. The van der Waals surface area contributed by atoms with Gasteiger partial charge < -0.3 is 10.4 Å². The standard InChI is InChI=1S/C13H12ClN3OS/c1-13(18,9-4-5-19-7-9)8-16-12-3-2-10(14)11(6-15)17-12/h2-5,7,18H,8H2,1H3,(H,16,17)/t13-/m1/s1. The van der Waals surface area contributed by atoms with Crippen molar-refractivity contribution in [2.24, 2.45) is 0 Å². The first kappa shape index (κ1) is 13.8. The zero-order chi connectivity index (χ0) is 13.9. The fourth-order valence-electron chi connectivity index (χ4n) is 1.55. The van der Waals surface area contributed by atoms with Crippen LogP contribution in [-0.2, 0) is 5.60 Å². The smallest absolute Gasteiger partial charge is 0.161 e. The van der Waals surface area contributed by atoms with Crippen molar-refractivity contribution in [1.82, 2.24) is 4.98 Å². The molecule has 0 aliphatic carbocycles. The largest absolute Gasteiger partial charge is 0.384 e. The maximum Gasteiger partial charge on any atom is 0.161 e. The molecule has 0 amide bonds. The Hall–Kier alpha value is -1.61. The summed E-state index contributed by atoms with van der Waals surface area (Å²) >= 11 is 7.34. The van der Waals surface area contributed by atoms with Crippen molar-refractivity contribution in [1.29, 1.82) is 5.26 Å². The SMILES string of the molecule is C[C@@](O)(CNc1ccc(Cl)c(C#N)n1)c1ccsc1. The number of anilines is 1. The molecular formula is C13H12ClN3OS. The number of aliphatic hydroxyl groups is 1. The van der Waals surface area contributed by atoms with Crippen LogP contribution in [0.3, 0.4) is 0 Å². The maximum absolute atomic E-state index is 10.3. The van der Waals surface area contributed by atoms with Gasteiger partial charge in [-0.2, -0.15) is 16.6 Å². The van der Waals surface area contributed by atoms with Gasteiger partial charge in [0.25, 0.3) is 0 Å². The molecule has 6 heteroatoms. The van der Waals surface area contributed by atoms with Crippen molar-refractivity contribution in [3.05, 3.63) is 45.2 Å². The van der Waals surface area contributed by atoms with E-state index in [0.717, 1.165) is 5.56 Å². The van der Waals surface area contributed by atoms with Crippen molar-refractivity contribution in [3.63, 3.8) is 0 Å². The van der Waals surface area contributed by atoms with Crippen LogP contribution < -0.4 is 5.32 Å². The van der Waals surface area contributed by atoms with E-state index in [2.05, 4.69) is 10.3 Å². The van der Waals surface area contributed by atoms with E-state index in [1.165, 1.54) is 11.3 Å². The molecule has 0 saturated heterocycles. The Morgan fingerprint density at radius 2 is 2.32 bits per heavy atom. The first-order valence-corrected chi connectivity index (χ1v) is 6.90. The van der Waals surface area contributed by atoms with Crippen molar-refractivity contribution < 1.29 is 5.11 Å². The van der Waals surface area contributed by atoms with Crippen molar-refractivity contribution >= 4 is 28.8 Å². The zero-order valence-corrected chi connectivity index (χ0v) is 11.8. The number of nitrogens with zero attached hydrogens (tertiary/aromatic N) is 2. The summed E-state index contributed by atoms with van der Waals surface area (Å²) in [5.74, 6) is 0.511. The third-order valence-electron chi connectivity index (χ3n) is 2.71. The van der Waals surface area contributed by atoms with Crippen LogP contribution in [0.25, 0.3) is 0 Å². The third-order valence-corrected chi connectivity index (χ3v) is 3.70. The van der Waals surface area contributed by atoms with Gasteiger partial charge >= 0.3 is 0 Å². The Balaban J connectivity index is 2.09. The molecule has 0 aromatic carbocycles. The van der Waals surface area contributed by atoms with Gasteiger partial charge in [-0.1, -0.05) is 11.6 Å². The van der Waals surface area contributed by atoms with Crippen molar-refractivity contribution in [2.45, 2.75) is 12.5 Å². The average molecular weight is 294 g/mol. The lowest BCUT2D eigenvalue weighted by molar-refractivity contribution is 0.0719. The van der Waals surface area contributed by atoms with Crippen molar-refractivity contribution in [3.8, 4) is 6.07 Å². The number of nitriles is 1. The molecule has 1 atom stereocenters. The summed E-state index contributed by atoms with van der Waals surface area (Å²) in [7, 11) is 0. The molecule has 2 aromatic heterocycles. The molecule has 2 aromatic rings. The minimum atomic E-state index is -0.992. The number of nitrogens with one attached hydrogen (secondary N) is 1. The fraction of sp³-hybridized carbons (Fsp3) is 0.231. The van der Waals surface area contributed by atoms with E-state index in [0.29, 0.717) is 17.4 Å². The van der Waals surface area contributed by atoms with E-state index < -0.39 is 5.60 Å². The highest BCUT2D eigenvalue weighted by Gasteiger charge is 2.23. The van der Waals surface area contributed by atoms with Crippen molar-refractivity contribution in [2.75, 3.05) is 11.9 Å². The van der Waals surface area contributed by atoms with Crippen LogP contribution >= 0.6 is 22.9 Å². The number of rotatable bonds is 4. The molecular weight excluding hydrogens is 282 g/mol. The van der Waals surface area contributed by atoms with Crippen LogP contribution in [0, 0.1) is 11.3 Å². The van der Waals surface area contributed by atoms with E-state index in [1.54, 1.807) is 19.1 Å². The average Bonchev–Trinajstić information content (AvgIpc) is 2.92. The van der Waals surface area contributed by atoms with Gasteiger partial charge in [-0.05, 0) is 41.4 Å². The highest BCUT2D eigenvalue weighted by atomic mass is 35.5. The zero-order valence-electron chi connectivity index (χ0n) is 10.2. The fourth-order valence-corrected chi connectivity index (χ4v) is 2.48. The highest BCUT2D eigenvalue weighted by molar-refractivity contribution is 7.08. The molecule has 0 bridgehead atoms. The molecule has 2 rings (SSSR count). The van der Waals surface area contributed by atoms with Crippen LogP contribution in [0.4, 0.5) is 5.82 Å². The molecule has 2 N–H and O–H groups in total. The van der Waals surface area contributed by atoms with E-state index in [1.807, 2.05) is 22.9 Å². The molecule has 19 heavy (non-hydrogen) atoms. The van der Waals surface area contributed by atoms with Crippen LogP contribution in [-0.4, -0.2) is 16.6 Å². The molecule has 0 aliphatic rings. The van der Waals surface area contributed by atoms with Crippen LogP contribution in [0.2, 0.25) is 5.02 Å². The highest BCUT2D eigenvalue weighted by Crippen LogP contribution is 2.24. The number of halogens is 1. The maximum atomic E-state index is 10.3. The molecule has 0 saturated carbocycles. The molecule has 0 radical (unpaired) electrons. The number of thiophene rings is 1. The van der Waals surface area contributed by atoms with Gasteiger partial charge in [0.2, 0.25) is 0 Å². The van der Waals surface area contributed by atoms with Gasteiger partial charge in [-0.25, -0.2) is 4.98 Å². The van der Waals surface area contributed by atoms with E-state index >= 15 is 0 Å². The lowest BCUT2D eigenvalue weighted by Crippen LogP contribution is -2.30. The summed E-state index contributed by atoms with van der Waals surface area (Å²) in [6.07, 6.45) is 0. The molecule has 4 nitrogen and oxygen atoms in total. The first-order chi connectivity index (χ1) is 9.03. The third kappa shape index (κ3) is 3.24. The molecule has 2 heterocycles. The Labute approximate surface area is 120 Å². The summed E-state index contributed by atoms with van der Waals surface area (Å²) in [4.78, 5) is 4.06. The summed E-state index contributed by atoms with van der Waals surface area (Å²) < 4.78 is 0. The second-order valence-corrected chi connectivity index (χ2v) is 5.47. The molecule has 0 spiro atoms. The number of hydrogen-bond donors (Lipinski definition) is 2. The second-order valence-electron chi connectivity index (χ2n) is 4.28. The molecule has 0 aliphatic heterocycles. The van der Waals surface area contributed by atoms with Gasteiger partial charge in [0.05, 0.1) is 5.02 Å². The van der Waals surface area contributed by atoms with Gasteiger partial charge in [0, 0.05) is 6.54 Å². The van der Waals surface area contributed by atoms with Gasteiger partial charge in [0.15, 0.2) is 5.69 Å². The molecule has 0 fully saturated rings. The Morgan fingerprint density at radius 3 is 2.95 bits per heavy atom. The van der Waals surface area contributed by atoms with Crippen LogP contribution in [0.1, 0.15) is 18.2 Å². The number of pyridine rings is 1. The lowest BCUT2D eigenvalue weighted by Gasteiger charge is -2.23. The van der Waals surface area contributed by atoms with E-state index in [9.17, 15) is 5.11 Å². The van der Waals surface area contributed by atoms with Gasteiger partial charge in [-0.15, -0.1) is 0 Å². The van der Waals surface area contributed by atoms with E-state index in [4.69, 9.17) is 16.9 Å². The van der Waals surface area contributed by atoms with E-state index in [-0.39, 0.29) is 5.69 Å². The number of aromatic nitrogens is 1. The van der Waals surface area contributed by atoms with Crippen LogP contribution in [0.15, 0.2) is 29.0 Å². The lowest BCUT2D eigenvalue weighted by atomic mass is 9.99.